The highest BCUT2D eigenvalue weighted by Crippen LogP contribution is 2.28. The van der Waals surface area contributed by atoms with Gasteiger partial charge in [0.15, 0.2) is 0 Å². The normalized spacial score (nSPS) is 10.5. The van der Waals surface area contributed by atoms with Crippen LogP contribution in [0.4, 0.5) is 5.69 Å². The van der Waals surface area contributed by atoms with Crippen LogP contribution >= 0.6 is 15.9 Å². The number of ether oxygens (including phenoxy) is 1. The van der Waals surface area contributed by atoms with Gasteiger partial charge in [-0.1, -0.05) is 24.3 Å². The predicted molar refractivity (Wildman–Crippen MR) is 109 cm³/mol. The van der Waals surface area contributed by atoms with Gasteiger partial charge < -0.3 is 4.74 Å². The molecule has 3 aromatic rings. The van der Waals surface area contributed by atoms with Gasteiger partial charge in [0.2, 0.25) is 5.91 Å². The van der Waals surface area contributed by atoms with Crippen molar-refractivity contribution in [3.8, 4) is 17.0 Å². The lowest BCUT2D eigenvalue weighted by Crippen LogP contribution is -2.29. The SMILES string of the molecule is COc1ccc(CCC(=O)NNc2cccc(-c3c(Br)cnn3C)c2)cc1. The molecule has 0 unspecified atom stereocenters. The molecule has 0 atom stereocenters. The van der Waals surface area contributed by atoms with Crippen LogP contribution < -0.4 is 15.6 Å². The maximum Gasteiger partial charge on any atom is 0.238 e. The molecule has 1 heterocycles. The minimum Gasteiger partial charge on any atom is -0.497 e. The van der Waals surface area contributed by atoms with Crippen molar-refractivity contribution in [2.45, 2.75) is 12.8 Å². The van der Waals surface area contributed by atoms with E-state index in [9.17, 15) is 4.79 Å². The first kappa shape index (κ1) is 19.0. The van der Waals surface area contributed by atoms with Crippen molar-refractivity contribution >= 4 is 27.5 Å². The largest absolute Gasteiger partial charge is 0.497 e. The third kappa shape index (κ3) is 4.89. The van der Waals surface area contributed by atoms with E-state index in [2.05, 4.69) is 31.9 Å². The highest BCUT2D eigenvalue weighted by atomic mass is 79.9. The number of amides is 1. The maximum atomic E-state index is 12.1. The molecule has 7 heteroatoms. The van der Waals surface area contributed by atoms with Crippen LogP contribution in [0.1, 0.15) is 12.0 Å². The van der Waals surface area contributed by atoms with Crippen molar-refractivity contribution in [2.24, 2.45) is 7.05 Å². The number of nitrogens with zero attached hydrogens (tertiary/aromatic N) is 2. The highest BCUT2D eigenvalue weighted by Gasteiger charge is 2.09. The first-order valence-electron chi connectivity index (χ1n) is 8.52. The van der Waals surface area contributed by atoms with Crippen LogP contribution in [0.5, 0.6) is 5.75 Å². The molecule has 0 aliphatic rings. The minimum atomic E-state index is -0.0714. The Kier molecular flexibility index (Phi) is 6.13. The molecule has 0 aliphatic heterocycles. The van der Waals surface area contributed by atoms with Crippen LogP contribution in [0, 0.1) is 0 Å². The Bertz CT molecular complexity index is 902. The van der Waals surface area contributed by atoms with Gasteiger partial charge in [0.1, 0.15) is 5.75 Å². The minimum absolute atomic E-state index is 0.0714. The lowest BCUT2D eigenvalue weighted by molar-refractivity contribution is -0.120. The third-order valence-electron chi connectivity index (χ3n) is 4.18. The monoisotopic (exact) mass is 428 g/mol. The highest BCUT2D eigenvalue weighted by molar-refractivity contribution is 9.10. The van der Waals surface area contributed by atoms with Gasteiger partial charge in [-0.15, -0.1) is 0 Å². The van der Waals surface area contributed by atoms with Crippen molar-refractivity contribution in [2.75, 3.05) is 12.5 Å². The Morgan fingerprint density at radius 3 is 2.67 bits per heavy atom. The van der Waals surface area contributed by atoms with E-state index >= 15 is 0 Å². The fraction of sp³-hybridized carbons (Fsp3) is 0.200. The Morgan fingerprint density at radius 1 is 1.22 bits per heavy atom. The van der Waals surface area contributed by atoms with Crippen LogP contribution in [0.15, 0.2) is 59.2 Å². The molecule has 0 fully saturated rings. The number of aromatic nitrogens is 2. The zero-order valence-electron chi connectivity index (χ0n) is 15.2. The molecule has 0 spiro atoms. The van der Waals surface area contributed by atoms with Gasteiger partial charge in [-0.05, 0) is 52.2 Å². The number of methoxy groups -OCH3 is 1. The van der Waals surface area contributed by atoms with Gasteiger partial charge in [0.25, 0.3) is 0 Å². The smallest absolute Gasteiger partial charge is 0.238 e. The van der Waals surface area contributed by atoms with Crippen molar-refractivity contribution < 1.29 is 9.53 Å². The molecule has 1 aromatic heterocycles. The summed E-state index contributed by atoms with van der Waals surface area (Å²) in [4.78, 5) is 12.1. The third-order valence-corrected chi connectivity index (χ3v) is 4.76. The molecule has 0 bridgehead atoms. The summed E-state index contributed by atoms with van der Waals surface area (Å²) in [5, 5.41) is 4.23. The summed E-state index contributed by atoms with van der Waals surface area (Å²) in [6, 6.07) is 15.5. The first-order chi connectivity index (χ1) is 13.1. The Hall–Kier alpha value is -2.80. The van der Waals surface area contributed by atoms with E-state index in [0.29, 0.717) is 12.8 Å². The number of carbonyl (C=O) groups excluding carboxylic acids is 1. The Balaban J connectivity index is 1.55. The number of aryl methyl sites for hydroxylation is 2. The second-order valence-electron chi connectivity index (χ2n) is 6.07. The van der Waals surface area contributed by atoms with Crippen LogP contribution in [-0.2, 0) is 18.3 Å². The lowest BCUT2D eigenvalue weighted by Gasteiger charge is -2.11. The Morgan fingerprint density at radius 2 is 2.00 bits per heavy atom. The van der Waals surface area contributed by atoms with Gasteiger partial charge >= 0.3 is 0 Å². The van der Waals surface area contributed by atoms with Gasteiger partial charge in [-0.2, -0.15) is 5.10 Å². The molecule has 0 saturated heterocycles. The summed E-state index contributed by atoms with van der Waals surface area (Å²) in [6.45, 7) is 0. The second-order valence-corrected chi connectivity index (χ2v) is 6.92. The molecule has 2 N–H and O–H groups in total. The molecule has 0 saturated carbocycles. The van der Waals surface area contributed by atoms with E-state index in [1.54, 1.807) is 18.0 Å². The number of hydrazine groups is 1. The molecule has 1 amide bonds. The topological polar surface area (TPSA) is 68.2 Å². The number of carbonyl (C=O) groups is 1. The molecule has 27 heavy (non-hydrogen) atoms. The number of hydrogen-bond acceptors (Lipinski definition) is 4. The van der Waals surface area contributed by atoms with Crippen LogP contribution in [0.3, 0.4) is 0 Å². The predicted octanol–water partition coefficient (Wildman–Crippen LogP) is 3.93. The second kappa shape index (κ2) is 8.73. The van der Waals surface area contributed by atoms with Crippen molar-refractivity contribution in [1.82, 2.24) is 15.2 Å². The lowest BCUT2D eigenvalue weighted by atomic mass is 10.1. The summed E-state index contributed by atoms with van der Waals surface area (Å²) < 4.78 is 7.86. The molecular weight excluding hydrogens is 408 g/mol. The van der Waals surface area contributed by atoms with E-state index < -0.39 is 0 Å². The summed E-state index contributed by atoms with van der Waals surface area (Å²) in [5.41, 5.74) is 9.59. The number of benzene rings is 2. The number of anilines is 1. The van der Waals surface area contributed by atoms with Crippen molar-refractivity contribution in [3.05, 3.63) is 64.8 Å². The average Bonchev–Trinajstić information content (AvgIpc) is 3.03. The zero-order valence-corrected chi connectivity index (χ0v) is 16.8. The quantitative estimate of drug-likeness (QED) is 0.559. The van der Waals surface area contributed by atoms with Gasteiger partial charge in [-0.25, -0.2) is 0 Å². The zero-order chi connectivity index (χ0) is 19.2. The van der Waals surface area contributed by atoms with E-state index in [1.807, 2.05) is 55.6 Å². The van der Waals surface area contributed by atoms with E-state index in [4.69, 9.17) is 4.74 Å². The van der Waals surface area contributed by atoms with Crippen LogP contribution in [0.25, 0.3) is 11.3 Å². The van der Waals surface area contributed by atoms with Crippen LogP contribution in [0.2, 0.25) is 0 Å². The van der Waals surface area contributed by atoms with Crippen LogP contribution in [-0.4, -0.2) is 22.8 Å². The summed E-state index contributed by atoms with van der Waals surface area (Å²) in [7, 11) is 3.53. The standard InChI is InChI=1S/C20H21BrN4O2/c1-25-20(18(21)13-22-25)15-4-3-5-16(12-15)23-24-19(26)11-8-14-6-9-17(27-2)10-7-14/h3-7,9-10,12-13,23H,8,11H2,1-2H3,(H,24,26). The fourth-order valence-corrected chi connectivity index (χ4v) is 3.31. The molecule has 3 rings (SSSR count). The average molecular weight is 429 g/mol. The molecule has 0 aliphatic carbocycles. The number of nitrogens with one attached hydrogen (secondary N) is 2. The summed E-state index contributed by atoms with van der Waals surface area (Å²) in [6.07, 6.45) is 2.82. The molecule has 0 radical (unpaired) electrons. The van der Waals surface area contributed by atoms with E-state index in [1.165, 1.54) is 0 Å². The molecular formula is C20H21BrN4O2. The van der Waals surface area contributed by atoms with Gasteiger partial charge in [0, 0.05) is 19.0 Å². The molecule has 140 valence electrons. The first-order valence-corrected chi connectivity index (χ1v) is 9.32. The van der Waals surface area contributed by atoms with Gasteiger partial charge in [-0.3, -0.25) is 20.3 Å². The van der Waals surface area contributed by atoms with E-state index in [0.717, 1.165) is 32.7 Å². The fourth-order valence-electron chi connectivity index (χ4n) is 2.73. The Labute approximate surface area is 166 Å². The van der Waals surface area contributed by atoms with Crippen molar-refractivity contribution in [1.29, 1.82) is 0 Å². The number of halogens is 1. The van der Waals surface area contributed by atoms with Gasteiger partial charge in [0.05, 0.1) is 29.2 Å². The number of rotatable bonds is 7. The maximum absolute atomic E-state index is 12.1. The summed E-state index contributed by atoms with van der Waals surface area (Å²) in [5.74, 6) is 0.739. The molecule has 6 nitrogen and oxygen atoms in total. The van der Waals surface area contributed by atoms with Crippen molar-refractivity contribution in [3.63, 3.8) is 0 Å². The van der Waals surface area contributed by atoms with E-state index in [-0.39, 0.29) is 5.91 Å². The summed E-state index contributed by atoms with van der Waals surface area (Å²) >= 11 is 3.51. The molecule has 2 aromatic carbocycles. The number of hydrogen-bond donors (Lipinski definition) is 2.